The highest BCUT2D eigenvalue weighted by molar-refractivity contribution is 7.99. The first-order valence-corrected chi connectivity index (χ1v) is 8.42. The minimum absolute atomic E-state index is 0.351. The Labute approximate surface area is 120 Å². The van der Waals surface area contributed by atoms with Gasteiger partial charge in [-0.1, -0.05) is 0 Å². The van der Waals surface area contributed by atoms with Gasteiger partial charge in [-0.15, -0.1) is 0 Å². The monoisotopic (exact) mass is 282 g/mol. The number of hydrazine groups is 1. The number of aromatic nitrogens is 2. The quantitative estimate of drug-likeness (QED) is 0.621. The number of nitrogens with zero attached hydrogens (tertiary/aromatic N) is 2. The van der Waals surface area contributed by atoms with Crippen molar-refractivity contribution in [2.75, 3.05) is 11.5 Å². The third-order valence-electron chi connectivity index (χ3n) is 3.84. The van der Waals surface area contributed by atoms with Crippen LogP contribution in [0.15, 0.2) is 12.3 Å². The van der Waals surface area contributed by atoms with E-state index in [9.17, 15) is 0 Å². The van der Waals surface area contributed by atoms with Crippen molar-refractivity contribution in [2.45, 2.75) is 51.6 Å². The number of rotatable bonds is 6. The zero-order chi connectivity index (χ0) is 13.7. The summed E-state index contributed by atoms with van der Waals surface area (Å²) in [5.74, 6) is 9.16. The maximum absolute atomic E-state index is 5.71. The van der Waals surface area contributed by atoms with Gasteiger partial charge in [-0.05, 0) is 56.6 Å². The normalized spacial score (nSPS) is 18.9. The second-order valence-corrected chi connectivity index (χ2v) is 6.96. The highest BCUT2D eigenvalue weighted by Crippen LogP contribution is 2.26. The average molecular weight is 282 g/mol. The van der Waals surface area contributed by atoms with Gasteiger partial charge < -0.3 is 0 Å². The van der Waals surface area contributed by atoms with Crippen LogP contribution in [-0.4, -0.2) is 27.3 Å². The molecule has 0 amide bonds. The molecule has 0 aromatic carbocycles. The van der Waals surface area contributed by atoms with Gasteiger partial charge in [0.25, 0.3) is 0 Å². The Kier molecular flexibility index (Phi) is 5.73. The molecule has 2 rings (SSSR count). The maximum atomic E-state index is 5.71. The Morgan fingerprint density at radius 1 is 1.47 bits per heavy atom. The van der Waals surface area contributed by atoms with Crippen molar-refractivity contribution in [2.24, 2.45) is 11.8 Å². The van der Waals surface area contributed by atoms with E-state index in [1.54, 1.807) is 0 Å². The van der Waals surface area contributed by atoms with Crippen molar-refractivity contribution < 1.29 is 0 Å². The zero-order valence-electron chi connectivity index (χ0n) is 12.0. The molecule has 1 saturated heterocycles. The van der Waals surface area contributed by atoms with Gasteiger partial charge in [-0.3, -0.25) is 16.0 Å². The minimum Gasteiger partial charge on any atom is -0.271 e. The smallest absolute Gasteiger partial charge is 0.0640 e. The number of nitrogens with one attached hydrogen (secondary N) is 1. The first-order valence-electron chi connectivity index (χ1n) is 7.27. The Hall–Kier alpha value is -0.520. The number of hydrogen-bond acceptors (Lipinski definition) is 4. The Morgan fingerprint density at radius 2 is 2.21 bits per heavy atom. The van der Waals surface area contributed by atoms with Crippen LogP contribution in [0.1, 0.15) is 44.8 Å². The predicted octanol–water partition coefficient (Wildman–Crippen LogP) is 2.37. The third kappa shape index (κ3) is 4.51. The third-order valence-corrected chi connectivity index (χ3v) is 4.89. The Balaban J connectivity index is 1.86. The summed E-state index contributed by atoms with van der Waals surface area (Å²) in [5.41, 5.74) is 4.12. The fraction of sp³-hybridized carbons (Fsp3) is 0.786. The zero-order valence-corrected chi connectivity index (χ0v) is 12.8. The molecule has 1 aliphatic heterocycles. The fourth-order valence-electron chi connectivity index (χ4n) is 2.62. The number of thioether (sulfide) groups is 1. The predicted molar refractivity (Wildman–Crippen MR) is 82.1 cm³/mol. The Morgan fingerprint density at radius 3 is 2.79 bits per heavy atom. The first kappa shape index (κ1) is 14.9. The second-order valence-electron chi connectivity index (χ2n) is 5.74. The van der Waals surface area contributed by atoms with Crippen LogP contribution in [0.4, 0.5) is 0 Å². The van der Waals surface area contributed by atoms with Crippen LogP contribution in [0, 0.1) is 5.92 Å². The van der Waals surface area contributed by atoms with E-state index in [0.717, 1.165) is 18.0 Å². The van der Waals surface area contributed by atoms with Crippen LogP contribution >= 0.6 is 11.8 Å². The second kappa shape index (κ2) is 7.31. The molecule has 2 heterocycles. The van der Waals surface area contributed by atoms with Gasteiger partial charge in [0.2, 0.25) is 0 Å². The van der Waals surface area contributed by atoms with Gasteiger partial charge in [0.1, 0.15) is 0 Å². The molecule has 0 radical (unpaired) electrons. The van der Waals surface area contributed by atoms with Crippen LogP contribution in [0.5, 0.6) is 0 Å². The Bertz CT molecular complexity index is 371. The van der Waals surface area contributed by atoms with E-state index in [2.05, 4.69) is 48.4 Å². The summed E-state index contributed by atoms with van der Waals surface area (Å²) in [5, 5.41) is 4.61. The van der Waals surface area contributed by atoms with Crippen molar-refractivity contribution in [3.63, 3.8) is 0 Å². The SMILES string of the molecule is CC(C)n1ccc(CC(CC2CCSCC2)NN)n1. The maximum Gasteiger partial charge on any atom is 0.0640 e. The molecule has 0 aliphatic carbocycles. The lowest BCUT2D eigenvalue weighted by Gasteiger charge is -2.25. The molecule has 1 aromatic heterocycles. The average Bonchev–Trinajstić information content (AvgIpc) is 2.88. The largest absolute Gasteiger partial charge is 0.271 e. The molecule has 0 saturated carbocycles. The summed E-state index contributed by atoms with van der Waals surface area (Å²) < 4.78 is 2.01. The van der Waals surface area contributed by atoms with Crippen LogP contribution in [0.2, 0.25) is 0 Å². The van der Waals surface area contributed by atoms with E-state index in [1.807, 2.05) is 4.68 Å². The van der Waals surface area contributed by atoms with Gasteiger partial charge in [-0.2, -0.15) is 16.9 Å². The molecular weight excluding hydrogens is 256 g/mol. The van der Waals surface area contributed by atoms with E-state index < -0.39 is 0 Å². The molecule has 1 unspecified atom stereocenters. The fourth-order valence-corrected chi connectivity index (χ4v) is 3.83. The molecule has 3 N–H and O–H groups in total. The molecule has 1 fully saturated rings. The lowest BCUT2D eigenvalue weighted by molar-refractivity contribution is 0.363. The van der Waals surface area contributed by atoms with Gasteiger partial charge >= 0.3 is 0 Å². The van der Waals surface area contributed by atoms with Crippen LogP contribution in [0.25, 0.3) is 0 Å². The van der Waals surface area contributed by atoms with Crippen molar-refractivity contribution in [3.05, 3.63) is 18.0 Å². The van der Waals surface area contributed by atoms with Crippen LogP contribution in [0.3, 0.4) is 0 Å². The van der Waals surface area contributed by atoms with Crippen molar-refractivity contribution >= 4 is 11.8 Å². The van der Waals surface area contributed by atoms with Crippen molar-refractivity contribution in [1.82, 2.24) is 15.2 Å². The van der Waals surface area contributed by atoms with E-state index >= 15 is 0 Å². The molecule has 19 heavy (non-hydrogen) atoms. The summed E-state index contributed by atoms with van der Waals surface area (Å²) in [6.07, 6.45) is 6.84. The highest BCUT2D eigenvalue weighted by Gasteiger charge is 2.19. The summed E-state index contributed by atoms with van der Waals surface area (Å²) in [6, 6.07) is 2.89. The van der Waals surface area contributed by atoms with Gasteiger partial charge in [0, 0.05) is 24.7 Å². The molecular formula is C14H26N4S. The van der Waals surface area contributed by atoms with Crippen LogP contribution < -0.4 is 11.3 Å². The molecule has 1 aliphatic rings. The summed E-state index contributed by atoms with van der Waals surface area (Å²) in [6.45, 7) is 4.30. The molecule has 1 aromatic rings. The van der Waals surface area contributed by atoms with Gasteiger partial charge in [0.15, 0.2) is 0 Å². The lowest BCUT2D eigenvalue weighted by Crippen LogP contribution is -2.38. The minimum atomic E-state index is 0.351. The summed E-state index contributed by atoms with van der Waals surface area (Å²) >= 11 is 2.08. The van der Waals surface area contributed by atoms with Gasteiger partial charge in [-0.25, -0.2) is 0 Å². The van der Waals surface area contributed by atoms with E-state index in [4.69, 9.17) is 5.84 Å². The lowest BCUT2D eigenvalue weighted by atomic mass is 9.92. The first-order chi connectivity index (χ1) is 9.19. The molecule has 1 atom stereocenters. The van der Waals surface area contributed by atoms with E-state index in [-0.39, 0.29) is 0 Å². The van der Waals surface area contributed by atoms with Gasteiger partial charge in [0.05, 0.1) is 5.69 Å². The molecule has 108 valence electrons. The molecule has 0 bridgehead atoms. The number of hydrogen-bond donors (Lipinski definition) is 2. The molecule has 5 heteroatoms. The standard InChI is InChI=1S/C14H26N4S/c1-11(2)18-6-3-13(17-18)10-14(16-15)9-12-4-7-19-8-5-12/h3,6,11-12,14,16H,4-5,7-10,15H2,1-2H3. The highest BCUT2D eigenvalue weighted by atomic mass is 32.2. The number of nitrogens with two attached hydrogens (primary N) is 1. The van der Waals surface area contributed by atoms with Crippen molar-refractivity contribution in [3.8, 4) is 0 Å². The molecule has 0 spiro atoms. The topological polar surface area (TPSA) is 55.9 Å². The van der Waals surface area contributed by atoms with E-state index in [1.165, 1.54) is 30.8 Å². The molecule has 4 nitrogen and oxygen atoms in total. The van der Waals surface area contributed by atoms with Crippen LogP contribution in [-0.2, 0) is 6.42 Å². The van der Waals surface area contributed by atoms with E-state index in [0.29, 0.717) is 12.1 Å². The summed E-state index contributed by atoms with van der Waals surface area (Å²) in [7, 11) is 0. The summed E-state index contributed by atoms with van der Waals surface area (Å²) in [4.78, 5) is 0. The van der Waals surface area contributed by atoms with Crippen molar-refractivity contribution in [1.29, 1.82) is 0 Å².